The summed E-state index contributed by atoms with van der Waals surface area (Å²) in [5.41, 5.74) is 9.84. The molecule has 2 aromatic carbocycles. The van der Waals surface area contributed by atoms with Gasteiger partial charge in [-0.3, -0.25) is 9.59 Å². The zero-order valence-electron chi connectivity index (χ0n) is 21.6. The molecule has 3 N–H and O–H groups in total. The number of carbonyl (C=O) groups excluding carboxylic acids is 1. The van der Waals surface area contributed by atoms with Crippen LogP contribution in [-0.4, -0.2) is 52.7 Å². The summed E-state index contributed by atoms with van der Waals surface area (Å²) >= 11 is 0. The predicted molar refractivity (Wildman–Crippen MR) is 147 cm³/mol. The van der Waals surface area contributed by atoms with Crippen molar-refractivity contribution in [2.24, 2.45) is 12.8 Å². The normalized spacial score (nSPS) is 15.1. The van der Waals surface area contributed by atoms with Crippen LogP contribution in [0.4, 0.5) is 0 Å². The minimum Gasteiger partial charge on any atom is -0.380 e. The number of amides is 1. The molecule has 8 nitrogen and oxygen atoms in total. The van der Waals surface area contributed by atoms with Gasteiger partial charge >= 0.3 is 0 Å². The Kier molecular flexibility index (Phi) is 7.41. The van der Waals surface area contributed by atoms with Crippen molar-refractivity contribution in [1.29, 1.82) is 0 Å². The Bertz CT molecular complexity index is 1480. The number of likely N-dealkylation sites (tertiary alicyclic amines) is 1. The summed E-state index contributed by atoms with van der Waals surface area (Å²) in [4.78, 5) is 27.3. The molecular weight excluding hydrogens is 466 g/mol. The fourth-order valence-corrected chi connectivity index (χ4v) is 5.48. The topological polar surface area (TPSA) is 94.5 Å². The lowest BCUT2D eigenvalue weighted by molar-refractivity contribution is 0.100. The largest absolute Gasteiger partial charge is 0.380 e. The van der Waals surface area contributed by atoms with Gasteiger partial charge in [-0.1, -0.05) is 30.3 Å². The molecule has 1 aliphatic rings. The van der Waals surface area contributed by atoms with Crippen molar-refractivity contribution < 1.29 is 9.53 Å². The van der Waals surface area contributed by atoms with Crippen molar-refractivity contribution in [2.45, 2.75) is 38.6 Å². The second-order valence-corrected chi connectivity index (χ2v) is 9.95. The molecule has 1 fully saturated rings. The van der Waals surface area contributed by atoms with E-state index in [0.717, 1.165) is 50.1 Å². The van der Waals surface area contributed by atoms with E-state index in [2.05, 4.69) is 52.2 Å². The number of carbonyl (C=O) groups is 1. The van der Waals surface area contributed by atoms with Crippen LogP contribution in [-0.2, 0) is 31.5 Å². The van der Waals surface area contributed by atoms with Crippen LogP contribution in [0.25, 0.3) is 21.8 Å². The highest BCUT2D eigenvalue weighted by molar-refractivity contribution is 6.05. The molecule has 1 saturated heterocycles. The van der Waals surface area contributed by atoms with E-state index in [9.17, 15) is 9.59 Å². The molecule has 5 rings (SSSR count). The van der Waals surface area contributed by atoms with Gasteiger partial charge in [0, 0.05) is 62.5 Å². The van der Waals surface area contributed by atoms with Crippen LogP contribution in [0, 0.1) is 0 Å². The number of piperidine rings is 1. The van der Waals surface area contributed by atoms with Gasteiger partial charge in [0.2, 0.25) is 5.91 Å². The van der Waals surface area contributed by atoms with E-state index in [4.69, 9.17) is 10.5 Å². The lowest BCUT2D eigenvalue weighted by Crippen LogP contribution is -2.43. The molecule has 0 radical (unpaired) electrons. The van der Waals surface area contributed by atoms with Gasteiger partial charge in [0.15, 0.2) is 0 Å². The van der Waals surface area contributed by atoms with Crippen LogP contribution < -0.4 is 16.6 Å². The molecular formula is C29H35N5O3. The van der Waals surface area contributed by atoms with Gasteiger partial charge in [0.05, 0.1) is 17.7 Å². The fourth-order valence-electron chi connectivity index (χ4n) is 5.48. The van der Waals surface area contributed by atoms with Gasteiger partial charge in [-0.2, -0.15) is 0 Å². The number of ether oxygens (including phenoxy) is 1. The third-order valence-electron chi connectivity index (χ3n) is 7.60. The minimum atomic E-state index is -0.591. The van der Waals surface area contributed by atoms with Crippen LogP contribution in [0.15, 0.2) is 59.4 Å². The first kappa shape index (κ1) is 25.2. The standard InChI is InChI=1S/C29H35N5O3/c1-32-23(16-21-5-3-4-6-26(21)32)18-31-22-9-11-33(12-10-22)13-14-34-27-15-20(19-37-2)7-8-24(27)25(29(30)36)17-28(34)35/h3-8,15-17,22,31H,9-14,18-19H2,1-2H3,(H2,30,36). The van der Waals surface area contributed by atoms with Gasteiger partial charge < -0.3 is 29.8 Å². The summed E-state index contributed by atoms with van der Waals surface area (Å²) in [7, 11) is 3.76. The number of nitrogens with two attached hydrogens (primary N) is 1. The fraction of sp³-hybridized carbons (Fsp3) is 0.379. The molecule has 0 spiro atoms. The van der Waals surface area contributed by atoms with Gasteiger partial charge in [-0.05, 0) is 55.1 Å². The molecule has 8 heteroatoms. The van der Waals surface area contributed by atoms with E-state index in [0.29, 0.717) is 24.6 Å². The number of pyridine rings is 1. The number of fused-ring (bicyclic) bond motifs is 2. The predicted octanol–water partition coefficient (Wildman–Crippen LogP) is 2.99. The smallest absolute Gasteiger partial charge is 0.251 e. The molecule has 1 aliphatic heterocycles. The maximum Gasteiger partial charge on any atom is 0.251 e. The van der Waals surface area contributed by atoms with Crippen LogP contribution >= 0.6 is 0 Å². The van der Waals surface area contributed by atoms with Crippen LogP contribution in [0.5, 0.6) is 0 Å². The molecule has 194 valence electrons. The quantitative estimate of drug-likeness (QED) is 0.368. The van der Waals surface area contributed by atoms with Crippen LogP contribution in [0.3, 0.4) is 0 Å². The van der Waals surface area contributed by atoms with Crippen LogP contribution in [0.1, 0.15) is 34.5 Å². The highest BCUT2D eigenvalue weighted by atomic mass is 16.5. The van der Waals surface area contributed by atoms with E-state index in [1.54, 1.807) is 11.7 Å². The average molecular weight is 502 g/mol. The molecule has 37 heavy (non-hydrogen) atoms. The monoisotopic (exact) mass is 501 g/mol. The summed E-state index contributed by atoms with van der Waals surface area (Å²) in [6, 6.07) is 18.3. The van der Waals surface area contributed by atoms with Gasteiger partial charge in [-0.25, -0.2) is 0 Å². The number of nitrogens with zero attached hydrogens (tertiary/aromatic N) is 3. The lowest BCUT2D eigenvalue weighted by Gasteiger charge is -2.32. The SMILES string of the molecule is COCc1ccc2c(C(N)=O)cc(=O)n(CCN3CCC(NCc4cc5ccccc5n4C)CC3)c2c1. The number of aromatic nitrogens is 2. The Balaban J connectivity index is 1.21. The zero-order chi connectivity index (χ0) is 25.9. The van der Waals surface area contributed by atoms with Crippen molar-refractivity contribution >= 4 is 27.7 Å². The number of methoxy groups -OCH3 is 1. The Hall–Kier alpha value is -3.46. The van der Waals surface area contributed by atoms with E-state index >= 15 is 0 Å². The van der Waals surface area contributed by atoms with Crippen molar-refractivity contribution in [3.63, 3.8) is 0 Å². The number of aryl methyl sites for hydroxylation is 1. The van der Waals surface area contributed by atoms with Gasteiger partial charge in [0.25, 0.3) is 5.56 Å². The first-order valence-corrected chi connectivity index (χ1v) is 12.9. The Morgan fingerprint density at radius 3 is 2.57 bits per heavy atom. The zero-order valence-corrected chi connectivity index (χ0v) is 21.6. The maximum atomic E-state index is 13.0. The second-order valence-electron chi connectivity index (χ2n) is 9.95. The number of nitrogens with one attached hydrogen (secondary N) is 1. The minimum absolute atomic E-state index is 0.206. The van der Waals surface area contributed by atoms with Crippen molar-refractivity contribution in [2.75, 3.05) is 26.7 Å². The van der Waals surface area contributed by atoms with Gasteiger partial charge in [0.1, 0.15) is 0 Å². The number of para-hydroxylation sites is 1. The summed E-state index contributed by atoms with van der Waals surface area (Å²) in [6.45, 7) is 4.58. The van der Waals surface area contributed by atoms with E-state index in [1.807, 2.05) is 18.2 Å². The second kappa shape index (κ2) is 10.9. The first-order chi connectivity index (χ1) is 17.9. The van der Waals surface area contributed by atoms with E-state index < -0.39 is 5.91 Å². The molecule has 0 aliphatic carbocycles. The maximum absolute atomic E-state index is 13.0. The summed E-state index contributed by atoms with van der Waals surface area (Å²) in [5.74, 6) is -0.591. The summed E-state index contributed by atoms with van der Waals surface area (Å²) in [5, 5.41) is 5.72. The molecule has 0 atom stereocenters. The number of primary amides is 1. The molecule has 3 heterocycles. The number of benzene rings is 2. The van der Waals surface area contributed by atoms with Gasteiger partial charge in [-0.15, -0.1) is 0 Å². The van der Waals surface area contributed by atoms with E-state index in [-0.39, 0.29) is 11.1 Å². The Labute approximate surface area is 216 Å². The molecule has 2 aromatic heterocycles. The summed E-state index contributed by atoms with van der Waals surface area (Å²) < 4.78 is 9.29. The number of hydrogen-bond donors (Lipinski definition) is 2. The molecule has 1 amide bonds. The average Bonchev–Trinajstić information content (AvgIpc) is 3.22. The highest BCUT2D eigenvalue weighted by Gasteiger charge is 2.20. The Morgan fingerprint density at radius 1 is 1.05 bits per heavy atom. The van der Waals surface area contributed by atoms with E-state index in [1.165, 1.54) is 22.7 Å². The van der Waals surface area contributed by atoms with Crippen molar-refractivity contribution in [3.05, 3.63) is 81.8 Å². The Morgan fingerprint density at radius 2 is 1.84 bits per heavy atom. The molecule has 0 unspecified atom stereocenters. The number of hydrogen-bond acceptors (Lipinski definition) is 5. The van der Waals surface area contributed by atoms with Crippen LogP contribution in [0.2, 0.25) is 0 Å². The van der Waals surface area contributed by atoms with Crippen molar-refractivity contribution in [3.8, 4) is 0 Å². The summed E-state index contributed by atoms with van der Waals surface area (Å²) in [6.07, 6.45) is 2.14. The van der Waals surface area contributed by atoms with Crippen molar-refractivity contribution in [1.82, 2.24) is 19.4 Å². The molecule has 0 saturated carbocycles. The third kappa shape index (κ3) is 5.32. The molecule has 0 bridgehead atoms. The highest BCUT2D eigenvalue weighted by Crippen LogP contribution is 2.21. The first-order valence-electron chi connectivity index (χ1n) is 12.9. The lowest BCUT2D eigenvalue weighted by atomic mass is 10.0. The third-order valence-corrected chi connectivity index (χ3v) is 7.60. The number of rotatable bonds is 9. The molecule has 4 aromatic rings.